The molecule has 0 radical (unpaired) electrons. The van der Waals surface area contributed by atoms with Crippen LogP contribution < -0.4 is 10.2 Å². The summed E-state index contributed by atoms with van der Waals surface area (Å²) < 4.78 is 0. The monoisotopic (exact) mass is 451 g/mol. The smallest absolute Gasteiger partial charge is 0.250 e. The number of amides is 3. The van der Waals surface area contributed by atoms with Crippen molar-refractivity contribution in [2.45, 2.75) is 38.3 Å². The molecule has 3 fully saturated rings. The number of carbonyl (C=O) groups excluding carboxylic acids is 3. The van der Waals surface area contributed by atoms with Crippen molar-refractivity contribution in [1.29, 1.82) is 0 Å². The first kappa shape index (κ1) is 19.9. The molecule has 0 bridgehead atoms. The Hall–Kier alpha value is -3.51. The molecule has 4 aliphatic rings. The van der Waals surface area contributed by atoms with E-state index in [0.29, 0.717) is 12.2 Å². The molecule has 0 unspecified atom stereocenters. The molecular formula is C28H25N3O3. The van der Waals surface area contributed by atoms with Crippen molar-refractivity contribution in [2.24, 2.45) is 11.8 Å². The molecule has 4 heterocycles. The molecule has 3 saturated heterocycles. The average Bonchev–Trinajstić information content (AvgIpc) is 3.55. The predicted octanol–water partition coefficient (Wildman–Crippen LogP) is 3.89. The van der Waals surface area contributed by atoms with Crippen LogP contribution in [0, 0.1) is 25.7 Å². The number of fused-ring (bicyclic) bond motifs is 8. The lowest BCUT2D eigenvalue weighted by atomic mass is 9.75. The Labute approximate surface area is 197 Å². The molecule has 4 atom stereocenters. The number of benzene rings is 3. The van der Waals surface area contributed by atoms with Crippen LogP contribution in [-0.2, 0) is 19.9 Å². The third-order valence-electron chi connectivity index (χ3n) is 8.71. The SMILES string of the molecule is Cc1ccc2c(c1C)NC(=O)[C@@]21[C@@H]2C(=O)N(c3cccc4ccccc34)C(=O)[C@H]2[C@@H]2CCCN21. The maximum atomic E-state index is 14.2. The number of rotatable bonds is 1. The van der Waals surface area contributed by atoms with Gasteiger partial charge >= 0.3 is 0 Å². The van der Waals surface area contributed by atoms with Gasteiger partial charge in [-0.05, 0) is 55.8 Å². The van der Waals surface area contributed by atoms with E-state index in [1.807, 2.05) is 68.4 Å². The van der Waals surface area contributed by atoms with Crippen LogP contribution in [0.4, 0.5) is 11.4 Å². The van der Waals surface area contributed by atoms with Crippen molar-refractivity contribution in [1.82, 2.24) is 4.90 Å². The predicted molar refractivity (Wildman–Crippen MR) is 129 cm³/mol. The Balaban J connectivity index is 1.46. The fourth-order valence-corrected chi connectivity index (χ4v) is 7.16. The van der Waals surface area contributed by atoms with Crippen LogP contribution in [0.25, 0.3) is 10.8 Å². The zero-order valence-corrected chi connectivity index (χ0v) is 19.2. The first-order valence-electron chi connectivity index (χ1n) is 12.0. The second-order valence-corrected chi connectivity index (χ2v) is 10.1. The number of anilines is 2. The lowest BCUT2D eigenvalue weighted by molar-refractivity contribution is -0.135. The van der Waals surface area contributed by atoms with Crippen LogP contribution in [0.15, 0.2) is 54.6 Å². The minimum atomic E-state index is -1.13. The largest absolute Gasteiger partial charge is 0.324 e. The Morgan fingerprint density at radius 3 is 2.59 bits per heavy atom. The summed E-state index contributed by atoms with van der Waals surface area (Å²) in [5, 5.41) is 4.97. The fraction of sp³-hybridized carbons (Fsp3) is 0.321. The molecule has 170 valence electrons. The molecule has 3 aromatic rings. The van der Waals surface area contributed by atoms with Crippen LogP contribution in [-0.4, -0.2) is 35.2 Å². The van der Waals surface area contributed by atoms with E-state index in [0.717, 1.165) is 46.0 Å². The molecule has 1 N–H and O–H groups in total. The summed E-state index contributed by atoms with van der Waals surface area (Å²) in [5.41, 5.74) is 3.24. The van der Waals surface area contributed by atoms with Gasteiger partial charge in [0.1, 0.15) is 5.54 Å². The highest BCUT2D eigenvalue weighted by Crippen LogP contribution is 2.61. The van der Waals surface area contributed by atoms with E-state index in [1.165, 1.54) is 4.90 Å². The van der Waals surface area contributed by atoms with Gasteiger partial charge in [0.05, 0.1) is 17.5 Å². The Bertz CT molecular complexity index is 1440. The third-order valence-corrected chi connectivity index (χ3v) is 8.71. The summed E-state index contributed by atoms with van der Waals surface area (Å²) in [5.74, 6) is -1.86. The minimum Gasteiger partial charge on any atom is -0.324 e. The van der Waals surface area contributed by atoms with Crippen molar-refractivity contribution < 1.29 is 14.4 Å². The van der Waals surface area contributed by atoms with E-state index in [4.69, 9.17) is 0 Å². The van der Waals surface area contributed by atoms with Crippen LogP contribution in [0.1, 0.15) is 29.5 Å². The summed E-state index contributed by atoms with van der Waals surface area (Å²) in [6.45, 7) is 4.74. The second kappa shape index (κ2) is 6.54. The van der Waals surface area contributed by atoms with Gasteiger partial charge in [0.25, 0.3) is 0 Å². The molecule has 0 aliphatic carbocycles. The van der Waals surface area contributed by atoms with Gasteiger partial charge in [-0.25, -0.2) is 4.90 Å². The van der Waals surface area contributed by atoms with Gasteiger partial charge in [0, 0.05) is 22.7 Å². The van der Waals surface area contributed by atoms with E-state index >= 15 is 0 Å². The summed E-state index contributed by atoms with van der Waals surface area (Å²) in [4.78, 5) is 45.7. The average molecular weight is 452 g/mol. The number of nitrogens with zero attached hydrogens (tertiary/aromatic N) is 2. The number of hydrogen-bond acceptors (Lipinski definition) is 4. The van der Waals surface area contributed by atoms with E-state index in [2.05, 4.69) is 10.2 Å². The van der Waals surface area contributed by atoms with Gasteiger partial charge in [-0.1, -0.05) is 48.5 Å². The number of hydrogen-bond donors (Lipinski definition) is 1. The molecule has 6 nitrogen and oxygen atoms in total. The summed E-state index contributed by atoms with van der Waals surface area (Å²) in [6.07, 6.45) is 1.73. The van der Waals surface area contributed by atoms with E-state index < -0.39 is 17.4 Å². The summed E-state index contributed by atoms with van der Waals surface area (Å²) >= 11 is 0. The maximum absolute atomic E-state index is 14.2. The Morgan fingerprint density at radius 2 is 1.74 bits per heavy atom. The lowest BCUT2D eigenvalue weighted by Crippen LogP contribution is -2.54. The highest BCUT2D eigenvalue weighted by atomic mass is 16.2. The minimum absolute atomic E-state index is 0.111. The number of imide groups is 1. The molecule has 34 heavy (non-hydrogen) atoms. The molecule has 4 aliphatic heterocycles. The molecular weight excluding hydrogens is 426 g/mol. The topological polar surface area (TPSA) is 69.7 Å². The van der Waals surface area contributed by atoms with Crippen LogP contribution in [0.3, 0.4) is 0 Å². The Morgan fingerprint density at radius 1 is 0.941 bits per heavy atom. The molecule has 0 saturated carbocycles. The molecule has 1 spiro atoms. The van der Waals surface area contributed by atoms with Crippen molar-refractivity contribution in [2.75, 3.05) is 16.8 Å². The fourth-order valence-electron chi connectivity index (χ4n) is 7.16. The third kappa shape index (κ3) is 2.13. The van der Waals surface area contributed by atoms with Crippen LogP contribution >= 0.6 is 0 Å². The van der Waals surface area contributed by atoms with Crippen molar-refractivity contribution >= 4 is 39.9 Å². The number of aryl methyl sites for hydroxylation is 1. The molecule has 0 aromatic heterocycles. The Kier molecular flexibility index (Phi) is 3.83. The lowest BCUT2D eigenvalue weighted by Gasteiger charge is -2.36. The quantitative estimate of drug-likeness (QED) is 0.570. The zero-order chi connectivity index (χ0) is 23.4. The van der Waals surface area contributed by atoms with Gasteiger partial charge < -0.3 is 5.32 Å². The summed E-state index contributed by atoms with van der Waals surface area (Å²) in [6, 6.07) is 17.4. The van der Waals surface area contributed by atoms with Crippen LogP contribution in [0.2, 0.25) is 0 Å². The summed E-state index contributed by atoms with van der Waals surface area (Å²) in [7, 11) is 0. The van der Waals surface area contributed by atoms with E-state index in [-0.39, 0.29) is 23.8 Å². The van der Waals surface area contributed by atoms with Gasteiger partial charge in [-0.2, -0.15) is 0 Å². The molecule has 3 aromatic carbocycles. The standard InChI is InChI=1S/C28H25N3O3/c1-15-12-13-19-24(16(15)2)29-27(34)28(19)23-22(21-11-6-14-30(21)28)25(32)31(26(23)33)20-10-5-8-17-7-3-4-9-18(17)20/h3-5,7-10,12-13,21-23H,6,11,14H2,1-2H3,(H,29,34)/t21-,22-,23-,28-/m0/s1. The number of carbonyl (C=O) groups is 3. The maximum Gasteiger partial charge on any atom is 0.250 e. The van der Waals surface area contributed by atoms with Gasteiger partial charge in [-0.3, -0.25) is 19.3 Å². The van der Waals surface area contributed by atoms with Crippen molar-refractivity contribution in [3.8, 4) is 0 Å². The second-order valence-electron chi connectivity index (χ2n) is 10.1. The first-order chi connectivity index (χ1) is 16.5. The van der Waals surface area contributed by atoms with Gasteiger partial charge in [0.15, 0.2) is 0 Å². The van der Waals surface area contributed by atoms with Crippen molar-refractivity contribution in [3.63, 3.8) is 0 Å². The van der Waals surface area contributed by atoms with Gasteiger partial charge in [0.2, 0.25) is 17.7 Å². The molecule has 6 heteroatoms. The molecule has 3 amide bonds. The van der Waals surface area contributed by atoms with Crippen molar-refractivity contribution in [3.05, 3.63) is 71.3 Å². The van der Waals surface area contributed by atoms with E-state index in [9.17, 15) is 14.4 Å². The highest BCUT2D eigenvalue weighted by molar-refractivity contribution is 6.28. The van der Waals surface area contributed by atoms with Gasteiger partial charge in [-0.15, -0.1) is 0 Å². The highest BCUT2D eigenvalue weighted by Gasteiger charge is 2.74. The van der Waals surface area contributed by atoms with Crippen LogP contribution in [0.5, 0.6) is 0 Å². The first-order valence-corrected chi connectivity index (χ1v) is 12.0. The molecule has 7 rings (SSSR count). The van der Waals surface area contributed by atoms with E-state index in [1.54, 1.807) is 0 Å². The zero-order valence-electron chi connectivity index (χ0n) is 19.2. The normalized spacial score (nSPS) is 29.8. The number of nitrogens with one attached hydrogen (secondary N) is 1.